The molecule has 0 spiro atoms. The summed E-state index contributed by atoms with van der Waals surface area (Å²) in [7, 11) is 0. The van der Waals surface area contributed by atoms with Gasteiger partial charge in [-0.05, 0) is 82.2 Å². The number of hydrogen-bond acceptors (Lipinski definition) is 4. The number of benzene rings is 3. The summed E-state index contributed by atoms with van der Waals surface area (Å²) in [5.74, 6) is 1.43. The molecular weight excluding hydrogens is 617 g/mol. The minimum Gasteiger partial charge on any atom is -0.488 e. The molecule has 3 aromatic carbocycles. The molecule has 33 heavy (non-hydrogen) atoms. The molecule has 168 valence electrons. The van der Waals surface area contributed by atoms with Gasteiger partial charge in [0.1, 0.15) is 18.2 Å². The second-order valence-electron chi connectivity index (χ2n) is 7.75. The van der Waals surface area contributed by atoms with E-state index in [1.54, 1.807) is 12.3 Å². The predicted octanol–water partition coefficient (Wildman–Crippen LogP) is 7.00. The quantitative estimate of drug-likeness (QED) is 0.169. The Morgan fingerprint density at radius 3 is 2.61 bits per heavy atom. The maximum Gasteiger partial charge on any atom is 0.282 e. The van der Waals surface area contributed by atoms with Crippen molar-refractivity contribution >= 4 is 67.2 Å². The predicted molar refractivity (Wildman–Crippen MR) is 146 cm³/mol. The van der Waals surface area contributed by atoms with E-state index in [9.17, 15) is 4.79 Å². The van der Waals surface area contributed by atoms with Crippen LogP contribution in [0.4, 0.5) is 0 Å². The molecule has 0 unspecified atom stereocenters. The first kappa shape index (κ1) is 23.9. The Morgan fingerprint density at radius 1 is 1.15 bits per heavy atom. The smallest absolute Gasteiger partial charge is 0.282 e. The van der Waals surface area contributed by atoms with Gasteiger partial charge in [0, 0.05) is 15.4 Å². The van der Waals surface area contributed by atoms with E-state index in [-0.39, 0.29) is 11.5 Å². The van der Waals surface area contributed by atoms with Crippen molar-refractivity contribution < 1.29 is 4.74 Å². The molecule has 1 aromatic heterocycles. The molecule has 0 saturated heterocycles. The first-order valence-electron chi connectivity index (χ1n) is 10.2. The molecule has 0 bridgehead atoms. The summed E-state index contributed by atoms with van der Waals surface area (Å²) in [4.78, 5) is 17.8. The van der Waals surface area contributed by atoms with E-state index in [0.717, 1.165) is 24.9 Å². The first-order chi connectivity index (χ1) is 15.8. The van der Waals surface area contributed by atoms with Gasteiger partial charge in [-0.1, -0.05) is 53.5 Å². The molecule has 0 aliphatic heterocycles. The third kappa shape index (κ3) is 5.65. The van der Waals surface area contributed by atoms with Gasteiger partial charge >= 0.3 is 0 Å². The lowest BCUT2D eigenvalue weighted by Crippen LogP contribution is -2.23. The zero-order valence-electron chi connectivity index (χ0n) is 17.9. The van der Waals surface area contributed by atoms with Gasteiger partial charge in [-0.25, -0.2) is 4.98 Å². The van der Waals surface area contributed by atoms with Crippen molar-refractivity contribution in [2.75, 3.05) is 0 Å². The molecule has 0 amide bonds. The van der Waals surface area contributed by atoms with Crippen LogP contribution in [0.3, 0.4) is 0 Å². The van der Waals surface area contributed by atoms with Crippen molar-refractivity contribution in [2.45, 2.75) is 26.4 Å². The monoisotopic (exact) mass is 635 g/mol. The summed E-state index contributed by atoms with van der Waals surface area (Å²) in [6.07, 6.45) is 1.67. The van der Waals surface area contributed by atoms with Crippen LogP contribution in [0.5, 0.6) is 5.75 Å². The average Bonchev–Trinajstić information content (AvgIpc) is 2.79. The zero-order chi connectivity index (χ0) is 23.5. The standard InChI is InChI=1S/C25H20BrClIN3O2/c1-15(2)24-30-22-9-6-18(26)12-20(22)25(32)31(24)29-13-17-5-10-23(21(28)11-17)33-14-16-3-7-19(27)8-4-16/h3-13,15H,14H2,1-2H3. The Kier molecular flexibility index (Phi) is 7.51. The van der Waals surface area contributed by atoms with E-state index < -0.39 is 0 Å². The third-order valence-corrected chi connectivity index (χ3v) is 6.52. The summed E-state index contributed by atoms with van der Waals surface area (Å²) in [5.41, 5.74) is 2.36. The highest BCUT2D eigenvalue weighted by molar-refractivity contribution is 14.1. The fourth-order valence-corrected chi connectivity index (χ4v) is 4.41. The second kappa shape index (κ2) is 10.4. The van der Waals surface area contributed by atoms with Crippen molar-refractivity contribution in [1.29, 1.82) is 0 Å². The molecule has 0 aliphatic carbocycles. The third-order valence-electron chi connectivity index (χ3n) is 4.94. The Bertz CT molecular complexity index is 1400. The zero-order valence-corrected chi connectivity index (χ0v) is 22.4. The highest BCUT2D eigenvalue weighted by Crippen LogP contribution is 2.23. The van der Waals surface area contributed by atoms with Crippen LogP contribution in [0.1, 0.15) is 36.7 Å². The number of rotatable bonds is 6. The minimum absolute atomic E-state index is 0.0340. The van der Waals surface area contributed by atoms with Crippen LogP contribution in [0, 0.1) is 3.57 Å². The molecule has 8 heteroatoms. The van der Waals surface area contributed by atoms with E-state index in [1.165, 1.54) is 4.68 Å². The fourth-order valence-electron chi connectivity index (χ4n) is 3.23. The first-order valence-corrected chi connectivity index (χ1v) is 12.5. The molecule has 0 fully saturated rings. The van der Waals surface area contributed by atoms with Crippen molar-refractivity contribution in [3.05, 3.63) is 101 Å². The van der Waals surface area contributed by atoms with Gasteiger partial charge in [0.05, 0.1) is 20.7 Å². The maximum absolute atomic E-state index is 13.1. The number of fused-ring (bicyclic) bond motifs is 1. The van der Waals surface area contributed by atoms with E-state index in [0.29, 0.717) is 28.4 Å². The number of aromatic nitrogens is 2. The van der Waals surface area contributed by atoms with Gasteiger partial charge in [0.15, 0.2) is 0 Å². The Balaban J connectivity index is 1.60. The molecular formula is C25H20BrClIN3O2. The van der Waals surface area contributed by atoms with E-state index in [2.05, 4.69) is 48.6 Å². The van der Waals surface area contributed by atoms with E-state index in [1.807, 2.05) is 68.4 Å². The van der Waals surface area contributed by atoms with Crippen LogP contribution in [-0.4, -0.2) is 15.9 Å². The highest BCUT2D eigenvalue weighted by Gasteiger charge is 2.14. The van der Waals surface area contributed by atoms with Crippen LogP contribution in [-0.2, 0) is 6.61 Å². The maximum atomic E-state index is 13.1. The molecule has 0 aliphatic rings. The molecule has 4 rings (SSSR count). The normalized spacial score (nSPS) is 11.6. The minimum atomic E-state index is -0.195. The lowest BCUT2D eigenvalue weighted by atomic mass is 10.2. The average molecular weight is 637 g/mol. The summed E-state index contributed by atoms with van der Waals surface area (Å²) < 4.78 is 9.10. The lowest BCUT2D eigenvalue weighted by molar-refractivity contribution is 0.304. The molecule has 1 heterocycles. The SMILES string of the molecule is CC(C)c1nc2ccc(Br)cc2c(=O)n1N=Cc1ccc(OCc2ccc(Cl)cc2)c(I)c1. The summed E-state index contributed by atoms with van der Waals surface area (Å²) in [5, 5.41) is 5.71. The van der Waals surface area contributed by atoms with Crippen molar-refractivity contribution in [1.82, 2.24) is 9.66 Å². The van der Waals surface area contributed by atoms with Gasteiger partial charge in [-0.2, -0.15) is 9.78 Å². The largest absolute Gasteiger partial charge is 0.488 e. The van der Waals surface area contributed by atoms with Crippen molar-refractivity contribution in [2.24, 2.45) is 5.10 Å². The second-order valence-corrected chi connectivity index (χ2v) is 10.3. The molecule has 4 aromatic rings. The number of ether oxygens (including phenoxy) is 1. The summed E-state index contributed by atoms with van der Waals surface area (Å²) in [6.45, 7) is 4.44. The summed E-state index contributed by atoms with van der Waals surface area (Å²) >= 11 is 11.6. The van der Waals surface area contributed by atoms with E-state index >= 15 is 0 Å². The van der Waals surface area contributed by atoms with Crippen molar-refractivity contribution in [3.63, 3.8) is 0 Å². The molecule has 0 N–H and O–H groups in total. The Morgan fingerprint density at radius 2 is 1.91 bits per heavy atom. The molecule has 0 saturated carbocycles. The summed E-state index contributed by atoms with van der Waals surface area (Å²) in [6, 6.07) is 18.8. The highest BCUT2D eigenvalue weighted by atomic mass is 127. The van der Waals surface area contributed by atoms with Crippen molar-refractivity contribution in [3.8, 4) is 5.75 Å². The van der Waals surface area contributed by atoms with Gasteiger partial charge < -0.3 is 4.74 Å². The van der Waals surface area contributed by atoms with Crippen LogP contribution >= 0.6 is 50.1 Å². The topological polar surface area (TPSA) is 56.5 Å². The van der Waals surface area contributed by atoms with Gasteiger partial charge in [-0.3, -0.25) is 4.79 Å². The van der Waals surface area contributed by atoms with E-state index in [4.69, 9.17) is 16.3 Å². The number of nitrogens with zero attached hydrogens (tertiary/aromatic N) is 3. The Hall–Kier alpha value is -2.23. The van der Waals surface area contributed by atoms with Gasteiger partial charge in [-0.15, -0.1) is 0 Å². The Labute approximate surface area is 218 Å². The lowest BCUT2D eigenvalue weighted by Gasteiger charge is -2.12. The van der Waals surface area contributed by atoms with Crippen LogP contribution in [0.15, 0.2) is 75.0 Å². The molecule has 0 atom stereocenters. The van der Waals surface area contributed by atoms with Crippen LogP contribution < -0.4 is 10.3 Å². The van der Waals surface area contributed by atoms with Gasteiger partial charge in [0.25, 0.3) is 5.56 Å². The number of halogens is 3. The fraction of sp³-hybridized carbons (Fsp3) is 0.160. The van der Waals surface area contributed by atoms with Crippen LogP contribution in [0.25, 0.3) is 10.9 Å². The van der Waals surface area contributed by atoms with Crippen LogP contribution in [0.2, 0.25) is 5.02 Å². The number of hydrogen-bond donors (Lipinski definition) is 0. The van der Waals surface area contributed by atoms with Gasteiger partial charge in [0.2, 0.25) is 0 Å². The molecule has 5 nitrogen and oxygen atoms in total. The molecule has 0 radical (unpaired) electrons.